The van der Waals surface area contributed by atoms with Gasteiger partial charge < -0.3 is 4.74 Å². The van der Waals surface area contributed by atoms with E-state index in [1.807, 2.05) is 31.2 Å². The molecule has 19 heavy (non-hydrogen) atoms. The maximum Gasteiger partial charge on any atom is 0.279 e. The molecule has 0 fully saturated rings. The van der Waals surface area contributed by atoms with Gasteiger partial charge >= 0.3 is 0 Å². The van der Waals surface area contributed by atoms with Gasteiger partial charge in [0.2, 0.25) is 0 Å². The lowest BCUT2D eigenvalue weighted by Crippen LogP contribution is -2.39. The van der Waals surface area contributed by atoms with Crippen LogP contribution in [0.25, 0.3) is 0 Å². The van der Waals surface area contributed by atoms with E-state index in [-0.39, 0.29) is 0 Å². The summed E-state index contributed by atoms with van der Waals surface area (Å²) < 4.78 is 32.6. The minimum Gasteiger partial charge on any atom is -0.497 e. The predicted molar refractivity (Wildman–Crippen MR) is 76.5 cm³/mol. The van der Waals surface area contributed by atoms with Gasteiger partial charge in [0, 0.05) is 20.1 Å². The summed E-state index contributed by atoms with van der Waals surface area (Å²) in [5.41, 5.74) is 1.08. The molecule has 0 spiro atoms. The summed E-state index contributed by atoms with van der Waals surface area (Å²) in [6.07, 6.45) is 1.46. The Balaban J connectivity index is 2.51. The molecule has 0 saturated carbocycles. The lowest BCUT2D eigenvalue weighted by Gasteiger charge is -2.17. The average molecular weight is 286 g/mol. The first-order valence-electron chi connectivity index (χ1n) is 6.33. The largest absolute Gasteiger partial charge is 0.497 e. The molecular formula is C13H22N2O3S. The number of benzene rings is 1. The summed E-state index contributed by atoms with van der Waals surface area (Å²) in [6.45, 7) is 2.85. The number of likely N-dealkylation sites (N-methyl/N-ethyl adjacent to an activating group) is 1. The molecule has 0 bridgehead atoms. The smallest absolute Gasteiger partial charge is 0.279 e. The van der Waals surface area contributed by atoms with Crippen LogP contribution in [-0.4, -0.2) is 40.0 Å². The van der Waals surface area contributed by atoms with Gasteiger partial charge in [-0.15, -0.1) is 0 Å². The Bertz CT molecular complexity index is 471. The maximum absolute atomic E-state index is 11.8. The Kier molecular flexibility index (Phi) is 6.27. The fraction of sp³-hybridized carbons (Fsp3) is 0.538. The van der Waals surface area contributed by atoms with Crippen molar-refractivity contribution < 1.29 is 13.2 Å². The van der Waals surface area contributed by atoms with Crippen LogP contribution in [0.1, 0.15) is 18.9 Å². The lowest BCUT2D eigenvalue weighted by atomic mass is 10.1. The molecule has 1 aromatic rings. The van der Waals surface area contributed by atoms with Gasteiger partial charge in [0.15, 0.2) is 0 Å². The van der Waals surface area contributed by atoms with Gasteiger partial charge in [-0.25, -0.2) is 4.72 Å². The van der Waals surface area contributed by atoms with E-state index in [4.69, 9.17) is 4.74 Å². The Morgan fingerprint density at radius 2 is 1.89 bits per heavy atom. The van der Waals surface area contributed by atoms with Gasteiger partial charge in [-0.1, -0.05) is 19.1 Å². The standard InChI is InChI=1S/C13H22N2O3S/c1-4-10-14-19(16,17)15(2)11-9-12-5-7-13(18-3)8-6-12/h5-8,14H,4,9-11H2,1-3H3. The van der Waals surface area contributed by atoms with Crippen molar-refractivity contribution in [2.24, 2.45) is 0 Å². The third-order valence-corrected chi connectivity index (χ3v) is 4.39. The number of hydrogen-bond acceptors (Lipinski definition) is 3. The first-order chi connectivity index (χ1) is 8.99. The number of methoxy groups -OCH3 is 1. The van der Waals surface area contributed by atoms with E-state index in [1.54, 1.807) is 14.2 Å². The van der Waals surface area contributed by atoms with Crippen molar-refractivity contribution in [2.75, 3.05) is 27.2 Å². The lowest BCUT2D eigenvalue weighted by molar-refractivity contribution is 0.414. The van der Waals surface area contributed by atoms with E-state index in [0.717, 1.165) is 17.7 Å². The third kappa shape index (κ3) is 5.18. The van der Waals surface area contributed by atoms with Crippen LogP contribution in [0.5, 0.6) is 5.75 Å². The molecule has 0 atom stereocenters. The molecule has 0 aromatic heterocycles. The van der Waals surface area contributed by atoms with Crippen molar-refractivity contribution in [1.82, 2.24) is 9.03 Å². The zero-order valence-electron chi connectivity index (χ0n) is 11.7. The molecular weight excluding hydrogens is 264 g/mol. The van der Waals surface area contributed by atoms with Crippen molar-refractivity contribution in [2.45, 2.75) is 19.8 Å². The van der Waals surface area contributed by atoms with E-state index >= 15 is 0 Å². The van der Waals surface area contributed by atoms with Crippen LogP contribution < -0.4 is 9.46 Å². The molecule has 0 aliphatic rings. The minimum absolute atomic E-state index is 0.450. The van der Waals surface area contributed by atoms with Crippen molar-refractivity contribution in [1.29, 1.82) is 0 Å². The van der Waals surface area contributed by atoms with E-state index in [2.05, 4.69) is 4.72 Å². The molecule has 0 radical (unpaired) electrons. The summed E-state index contributed by atoms with van der Waals surface area (Å²) in [7, 11) is -0.142. The normalized spacial score (nSPS) is 11.8. The van der Waals surface area contributed by atoms with Gasteiger partial charge in [-0.3, -0.25) is 0 Å². The van der Waals surface area contributed by atoms with Crippen LogP contribution in [0.15, 0.2) is 24.3 Å². The van der Waals surface area contributed by atoms with Crippen LogP contribution in [0, 0.1) is 0 Å². The fourth-order valence-electron chi connectivity index (χ4n) is 1.54. The SMILES string of the molecule is CCCNS(=O)(=O)N(C)CCc1ccc(OC)cc1. The Hall–Kier alpha value is -1.11. The minimum atomic E-state index is -3.35. The number of nitrogens with one attached hydrogen (secondary N) is 1. The Morgan fingerprint density at radius 3 is 2.42 bits per heavy atom. The van der Waals surface area contributed by atoms with Crippen LogP contribution in [0.4, 0.5) is 0 Å². The molecule has 1 aromatic carbocycles. The third-order valence-electron chi connectivity index (χ3n) is 2.82. The highest BCUT2D eigenvalue weighted by Gasteiger charge is 2.15. The average Bonchev–Trinajstić information content (AvgIpc) is 2.43. The van der Waals surface area contributed by atoms with E-state index in [9.17, 15) is 8.42 Å². The van der Waals surface area contributed by atoms with Crippen LogP contribution >= 0.6 is 0 Å². The van der Waals surface area contributed by atoms with Crippen molar-refractivity contribution >= 4 is 10.2 Å². The zero-order chi connectivity index (χ0) is 14.3. The van der Waals surface area contributed by atoms with Crippen molar-refractivity contribution in [3.8, 4) is 5.75 Å². The number of rotatable bonds is 8. The van der Waals surface area contributed by atoms with Crippen LogP contribution in [0.3, 0.4) is 0 Å². The van der Waals surface area contributed by atoms with E-state index in [0.29, 0.717) is 19.5 Å². The Labute approximate surface area is 115 Å². The monoisotopic (exact) mass is 286 g/mol. The maximum atomic E-state index is 11.8. The highest BCUT2D eigenvalue weighted by molar-refractivity contribution is 7.87. The highest BCUT2D eigenvalue weighted by Crippen LogP contribution is 2.12. The van der Waals surface area contributed by atoms with Gasteiger partial charge in [-0.2, -0.15) is 12.7 Å². The molecule has 108 valence electrons. The molecule has 1 N–H and O–H groups in total. The molecule has 0 amide bonds. The van der Waals surface area contributed by atoms with Gasteiger partial charge in [0.05, 0.1) is 7.11 Å². The summed E-state index contributed by atoms with van der Waals surface area (Å²) in [5, 5.41) is 0. The molecule has 1 rings (SSSR count). The number of hydrogen-bond donors (Lipinski definition) is 1. The molecule has 0 aliphatic heterocycles. The van der Waals surface area contributed by atoms with Gasteiger partial charge in [0.25, 0.3) is 10.2 Å². The molecule has 0 heterocycles. The molecule has 0 saturated heterocycles. The van der Waals surface area contributed by atoms with E-state index in [1.165, 1.54) is 4.31 Å². The van der Waals surface area contributed by atoms with Gasteiger partial charge in [0.1, 0.15) is 5.75 Å². The summed E-state index contributed by atoms with van der Waals surface area (Å²) in [5.74, 6) is 0.800. The molecule has 0 aliphatic carbocycles. The first-order valence-corrected chi connectivity index (χ1v) is 7.77. The molecule has 6 heteroatoms. The summed E-state index contributed by atoms with van der Waals surface area (Å²) in [4.78, 5) is 0. The zero-order valence-corrected chi connectivity index (χ0v) is 12.5. The van der Waals surface area contributed by atoms with Crippen molar-refractivity contribution in [3.63, 3.8) is 0 Å². The topological polar surface area (TPSA) is 58.6 Å². The molecule has 5 nitrogen and oxygen atoms in total. The fourth-order valence-corrected chi connectivity index (χ4v) is 2.55. The van der Waals surface area contributed by atoms with Crippen molar-refractivity contribution in [3.05, 3.63) is 29.8 Å². The van der Waals surface area contributed by atoms with E-state index < -0.39 is 10.2 Å². The van der Waals surface area contributed by atoms with Crippen LogP contribution in [0.2, 0.25) is 0 Å². The Morgan fingerprint density at radius 1 is 1.26 bits per heavy atom. The second kappa shape index (κ2) is 7.47. The predicted octanol–water partition coefficient (Wildman–Crippen LogP) is 1.41. The number of nitrogens with zero attached hydrogens (tertiary/aromatic N) is 1. The molecule has 0 unspecified atom stereocenters. The summed E-state index contributed by atoms with van der Waals surface area (Å²) in [6, 6.07) is 7.63. The number of ether oxygens (including phenoxy) is 1. The highest BCUT2D eigenvalue weighted by atomic mass is 32.2. The second-order valence-electron chi connectivity index (χ2n) is 4.32. The van der Waals surface area contributed by atoms with Gasteiger partial charge in [-0.05, 0) is 30.5 Å². The first kappa shape index (κ1) is 15.9. The van der Waals surface area contributed by atoms with Crippen LogP contribution in [-0.2, 0) is 16.6 Å². The quantitative estimate of drug-likeness (QED) is 0.786. The second-order valence-corrected chi connectivity index (χ2v) is 6.18. The summed E-state index contributed by atoms with van der Waals surface area (Å²) >= 11 is 0.